The molecule has 0 radical (unpaired) electrons. The third kappa shape index (κ3) is 5.17. The van der Waals surface area contributed by atoms with Gasteiger partial charge in [-0.05, 0) is 43.4 Å². The van der Waals surface area contributed by atoms with E-state index in [0.29, 0.717) is 43.8 Å². The minimum Gasteiger partial charge on any atom is -0.352 e. The Hall–Kier alpha value is -2.18. The molecule has 1 aliphatic rings. The van der Waals surface area contributed by atoms with E-state index in [4.69, 9.17) is 0 Å². The quantitative estimate of drug-likeness (QED) is 0.830. The van der Waals surface area contributed by atoms with Crippen LogP contribution < -0.4 is 5.32 Å². The van der Waals surface area contributed by atoms with Crippen molar-refractivity contribution in [3.8, 4) is 0 Å². The van der Waals surface area contributed by atoms with Gasteiger partial charge in [-0.15, -0.1) is 0 Å². The number of sulfonamides is 1. The summed E-state index contributed by atoms with van der Waals surface area (Å²) in [6.07, 6.45) is 1.87. The number of benzene rings is 2. The molecule has 27 heavy (non-hydrogen) atoms. The zero-order chi connectivity index (χ0) is 19.3. The normalized spacial score (nSPS) is 16.2. The lowest BCUT2D eigenvalue weighted by atomic mass is 9.94. The predicted molar refractivity (Wildman–Crippen MR) is 106 cm³/mol. The average Bonchev–Trinajstić information content (AvgIpc) is 2.69. The number of amides is 1. The van der Waals surface area contributed by atoms with E-state index >= 15 is 0 Å². The van der Waals surface area contributed by atoms with Crippen molar-refractivity contribution in [1.82, 2.24) is 9.62 Å². The van der Waals surface area contributed by atoms with Crippen molar-refractivity contribution < 1.29 is 13.2 Å². The smallest absolute Gasteiger partial charge is 0.243 e. The minimum atomic E-state index is -3.43. The van der Waals surface area contributed by atoms with E-state index in [1.54, 1.807) is 30.3 Å². The molecule has 1 fully saturated rings. The van der Waals surface area contributed by atoms with Crippen LogP contribution in [0, 0.1) is 12.8 Å². The fraction of sp³-hybridized carbons (Fsp3) is 0.381. The number of rotatable bonds is 6. The SMILES string of the molecule is Cc1ccc(CNC(=O)CC2CCN(S(=O)(=O)c3ccccc3)CC2)cc1. The van der Waals surface area contributed by atoms with Crippen LogP contribution in [0.3, 0.4) is 0 Å². The molecule has 3 rings (SSSR count). The van der Waals surface area contributed by atoms with E-state index in [1.807, 2.05) is 31.2 Å². The summed E-state index contributed by atoms with van der Waals surface area (Å²) < 4.78 is 26.8. The minimum absolute atomic E-state index is 0.0277. The number of nitrogens with one attached hydrogen (secondary N) is 1. The molecule has 0 bridgehead atoms. The van der Waals surface area contributed by atoms with Crippen LogP contribution in [0.15, 0.2) is 59.5 Å². The van der Waals surface area contributed by atoms with E-state index in [-0.39, 0.29) is 11.8 Å². The van der Waals surface area contributed by atoms with E-state index in [0.717, 1.165) is 5.56 Å². The summed E-state index contributed by atoms with van der Waals surface area (Å²) >= 11 is 0. The van der Waals surface area contributed by atoms with Gasteiger partial charge in [0.25, 0.3) is 0 Å². The molecular weight excluding hydrogens is 360 g/mol. The van der Waals surface area contributed by atoms with Crippen molar-refractivity contribution in [2.24, 2.45) is 5.92 Å². The lowest BCUT2D eigenvalue weighted by Crippen LogP contribution is -2.39. The lowest BCUT2D eigenvalue weighted by Gasteiger charge is -2.31. The summed E-state index contributed by atoms with van der Waals surface area (Å²) in [6, 6.07) is 16.6. The van der Waals surface area contributed by atoms with Crippen molar-refractivity contribution in [1.29, 1.82) is 0 Å². The van der Waals surface area contributed by atoms with Gasteiger partial charge in [-0.1, -0.05) is 48.0 Å². The van der Waals surface area contributed by atoms with E-state index in [9.17, 15) is 13.2 Å². The van der Waals surface area contributed by atoms with Gasteiger partial charge in [0, 0.05) is 26.1 Å². The van der Waals surface area contributed by atoms with Crippen LogP contribution in [0.4, 0.5) is 0 Å². The standard InChI is InChI=1S/C21H26N2O3S/c1-17-7-9-19(10-8-17)16-22-21(24)15-18-11-13-23(14-12-18)27(25,26)20-5-3-2-4-6-20/h2-10,18H,11-16H2,1H3,(H,22,24). The zero-order valence-corrected chi connectivity index (χ0v) is 16.4. The average molecular weight is 387 g/mol. The second kappa shape index (κ2) is 8.67. The maximum absolute atomic E-state index is 12.6. The molecule has 1 amide bonds. The first-order valence-corrected chi connectivity index (χ1v) is 10.8. The first-order valence-electron chi connectivity index (χ1n) is 9.32. The number of aryl methyl sites for hydroxylation is 1. The molecule has 144 valence electrons. The Labute approximate surface area is 161 Å². The van der Waals surface area contributed by atoms with Crippen LogP contribution in [-0.2, 0) is 21.4 Å². The second-order valence-corrected chi connectivity index (χ2v) is 9.06. The summed E-state index contributed by atoms with van der Waals surface area (Å²) in [6.45, 7) is 3.49. The predicted octanol–water partition coefficient (Wildman–Crippen LogP) is 3.10. The van der Waals surface area contributed by atoms with Crippen molar-refractivity contribution in [2.45, 2.75) is 37.6 Å². The highest BCUT2D eigenvalue weighted by Gasteiger charge is 2.29. The molecule has 2 aromatic carbocycles. The van der Waals surface area contributed by atoms with Crippen molar-refractivity contribution >= 4 is 15.9 Å². The van der Waals surface area contributed by atoms with E-state index < -0.39 is 10.0 Å². The Balaban J connectivity index is 1.46. The maximum atomic E-state index is 12.6. The Morgan fingerprint density at radius 3 is 2.30 bits per heavy atom. The molecule has 2 aromatic rings. The van der Waals surface area contributed by atoms with Crippen LogP contribution in [0.2, 0.25) is 0 Å². The van der Waals surface area contributed by atoms with Crippen LogP contribution in [0.25, 0.3) is 0 Å². The highest BCUT2D eigenvalue weighted by atomic mass is 32.2. The van der Waals surface area contributed by atoms with Crippen molar-refractivity contribution in [2.75, 3.05) is 13.1 Å². The summed E-state index contributed by atoms with van der Waals surface area (Å²) in [7, 11) is -3.43. The van der Waals surface area contributed by atoms with Crippen molar-refractivity contribution in [3.05, 3.63) is 65.7 Å². The highest BCUT2D eigenvalue weighted by Crippen LogP contribution is 2.25. The number of carbonyl (C=O) groups excluding carboxylic acids is 1. The number of nitrogens with zero attached hydrogens (tertiary/aromatic N) is 1. The fourth-order valence-corrected chi connectivity index (χ4v) is 4.83. The Morgan fingerprint density at radius 2 is 1.67 bits per heavy atom. The maximum Gasteiger partial charge on any atom is 0.243 e. The zero-order valence-electron chi connectivity index (χ0n) is 15.6. The second-order valence-electron chi connectivity index (χ2n) is 7.13. The molecule has 0 aliphatic carbocycles. The number of hydrogen-bond acceptors (Lipinski definition) is 3. The highest BCUT2D eigenvalue weighted by molar-refractivity contribution is 7.89. The summed E-state index contributed by atoms with van der Waals surface area (Å²) in [5, 5.41) is 2.96. The molecule has 1 N–H and O–H groups in total. The van der Waals surface area contributed by atoms with Crippen LogP contribution in [0.1, 0.15) is 30.4 Å². The van der Waals surface area contributed by atoms with Gasteiger partial charge in [0.05, 0.1) is 4.90 Å². The molecule has 1 aliphatic heterocycles. The van der Waals surface area contributed by atoms with Gasteiger partial charge in [-0.2, -0.15) is 4.31 Å². The number of carbonyl (C=O) groups is 1. The fourth-order valence-electron chi connectivity index (χ4n) is 3.34. The van der Waals surface area contributed by atoms with Gasteiger partial charge >= 0.3 is 0 Å². The molecule has 0 aromatic heterocycles. The third-order valence-electron chi connectivity index (χ3n) is 5.04. The van der Waals surface area contributed by atoms with Crippen molar-refractivity contribution in [3.63, 3.8) is 0 Å². The lowest BCUT2D eigenvalue weighted by molar-refractivity contribution is -0.122. The number of hydrogen-bond donors (Lipinski definition) is 1. The monoisotopic (exact) mass is 386 g/mol. The van der Waals surface area contributed by atoms with Gasteiger partial charge in [0.15, 0.2) is 0 Å². The summed E-state index contributed by atoms with van der Waals surface area (Å²) in [4.78, 5) is 12.5. The Bertz CT molecular complexity index is 856. The van der Waals surface area contributed by atoms with Crippen LogP contribution >= 0.6 is 0 Å². The van der Waals surface area contributed by atoms with Gasteiger partial charge in [0.2, 0.25) is 15.9 Å². The Kier molecular flexibility index (Phi) is 6.29. The summed E-state index contributed by atoms with van der Waals surface area (Å²) in [5.74, 6) is 0.255. The topological polar surface area (TPSA) is 66.5 Å². The largest absolute Gasteiger partial charge is 0.352 e. The molecule has 0 saturated carbocycles. The molecule has 0 atom stereocenters. The van der Waals surface area contributed by atoms with E-state index in [2.05, 4.69) is 5.32 Å². The van der Waals surface area contributed by atoms with Gasteiger partial charge in [0.1, 0.15) is 0 Å². The number of piperidine rings is 1. The van der Waals surface area contributed by atoms with Gasteiger partial charge in [-0.3, -0.25) is 4.79 Å². The third-order valence-corrected chi connectivity index (χ3v) is 6.95. The molecule has 0 unspecified atom stereocenters. The first kappa shape index (κ1) is 19.6. The van der Waals surface area contributed by atoms with Crippen LogP contribution in [-0.4, -0.2) is 31.7 Å². The van der Waals surface area contributed by atoms with Gasteiger partial charge < -0.3 is 5.32 Å². The molecule has 1 heterocycles. The Morgan fingerprint density at radius 1 is 1.04 bits per heavy atom. The van der Waals surface area contributed by atoms with Gasteiger partial charge in [-0.25, -0.2) is 8.42 Å². The van der Waals surface area contributed by atoms with Crippen LogP contribution in [0.5, 0.6) is 0 Å². The molecular formula is C21H26N2O3S. The van der Waals surface area contributed by atoms with E-state index in [1.165, 1.54) is 9.87 Å². The first-order chi connectivity index (χ1) is 12.9. The molecule has 0 spiro atoms. The molecule has 6 heteroatoms. The molecule has 1 saturated heterocycles. The molecule has 5 nitrogen and oxygen atoms in total. The summed E-state index contributed by atoms with van der Waals surface area (Å²) in [5.41, 5.74) is 2.28.